The van der Waals surface area contributed by atoms with Crippen LogP contribution in [0.25, 0.3) is 0 Å². The van der Waals surface area contributed by atoms with Crippen molar-refractivity contribution in [3.05, 3.63) is 29.8 Å². The molecular formula is C14H21F3IN3O2. The third-order valence-corrected chi connectivity index (χ3v) is 2.57. The molecule has 1 aromatic rings. The van der Waals surface area contributed by atoms with Crippen molar-refractivity contribution < 1.29 is 22.6 Å². The Bertz CT molecular complexity index is 481. The number of nitrogens with zero attached hydrogens (tertiary/aromatic N) is 1. The molecule has 0 aliphatic heterocycles. The lowest BCUT2D eigenvalue weighted by Gasteiger charge is -2.13. The molecule has 9 heteroatoms. The van der Waals surface area contributed by atoms with Gasteiger partial charge in [0.25, 0.3) is 0 Å². The second-order valence-corrected chi connectivity index (χ2v) is 4.75. The molecule has 1 atom stereocenters. The lowest BCUT2D eigenvalue weighted by Crippen LogP contribution is -2.40. The van der Waals surface area contributed by atoms with E-state index in [1.807, 2.05) is 6.92 Å². The molecule has 1 rings (SSSR count). The number of hydrogen-bond acceptors (Lipinski definition) is 3. The molecule has 5 nitrogen and oxygen atoms in total. The monoisotopic (exact) mass is 447 g/mol. The molecule has 0 bridgehead atoms. The number of hydrogen-bond donors (Lipinski definition) is 2. The van der Waals surface area contributed by atoms with E-state index in [2.05, 4.69) is 15.0 Å². The average Bonchev–Trinajstić information content (AvgIpc) is 2.43. The summed E-state index contributed by atoms with van der Waals surface area (Å²) in [6, 6.07) is 6.25. The Balaban J connectivity index is 0.00000484. The summed E-state index contributed by atoms with van der Waals surface area (Å²) >= 11 is 0. The summed E-state index contributed by atoms with van der Waals surface area (Å²) in [5, 5.41) is 2.95. The summed E-state index contributed by atoms with van der Waals surface area (Å²) in [7, 11) is 1.59. The van der Waals surface area contributed by atoms with Crippen molar-refractivity contribution in [3.63, 3.8) is 0 Å². The standard InChI is InChI=1S/C14H20F3N3O2.HI/c1-10(8-21-2)20-13(18)19-7-11-3-5-12(6-4-11)22-9-14(15,16)17;/h3-6,10H,7-9H2,1-2H3,(H3,18,19,20);1H. The number of guanidine groups is 1. The summed E-state index contributed by atoms with van der Waals surface area (Å²) in [5.74, 6) is 0.437. The van der Waals surface area contributed by atoms with Crippen LogP contribution in [0.5, 0.6) is 5.75 Å². The van der Waals surface area contributed by atoms with E-state index in [0.29, 0.717) is 13.2 Å². The summed E-state index contributed by atoms with van der Waals surface area (Å²) in [5.41, 5.74) is 6.52. The molecule has 3 N–H and O–H groups in total. The molecule has 0 saturated heterocycles. The average molecular weight is 447 g/mol. The van der Waals surface area contributed by atoms with Gasteiger partial charge in [0.15, 0.2) is 12.6 Å². The highest BCUT2D eigenvalue weighted by Crippen LogP contribution is 2.19. The minimum absolute atomic E-state index is 0. The van der Waals surface area contributed by atoms with Crippen LogP contribution in [0.3, 0.4) is 0 Å². The van der Waals surface area contributed by atoms with Crippen molar-refractivity contribution >= 4 is 29.9 Å². The molecule has 23 heavy (non-hydrogen) atoms. The minimum atomic E-state index is -4.35. The number of nitrogens with two attached hydrogens (primary N) is 1. The zero-order chi connectivity index (χ0) is 16.6. The van der Waals surface area contributed by atoms with E-state index >= 15 is 0 Å². The highest BCUT2D eigenvalue weighted by Gasteiger charge is 2.28. The molecule has 0 heterocycles. The van der Waals surface area contributed by atoms with Crippen molar-refractivity contribution in [1.29, 1.82) is 0 Å². The van der Waals surface area contributed by atoms with Gasteiger partial charge in [-0.15, -0.1) is 24.0 Å². The Kier molecular flexibility index (Phi) is 9.96. The second kappa shape index (κ2) is 10.5. The third kappa shape index (κ3) is 10.2. The molecular weight excluding hydrogens is 426 g/mol. The Morgan fingerprint density at radius 3 is 2.43 bits per heavy atom. The molecule has 0 radical (unpaired) electrons. The van der Waals surface area contributed by atoms with Crippen LogP contribution in [0.2, 0.25) is 0 Å². The van der Waals surface area contributed by atoms with E-state index in [4.69, 9.17) is 10.5 Å². The molecule has 0 aliphatic rings. The third-order valence-electron chi connectivity index (χ3n) is 2.57. The molecule has 0 spiro atoms. The van der Waals surface area contributed by atoms with Crippen LogP contribution < -0.4 is 15.8 Å². The van der Waals surface area contributed by atoms with E-state index in [-0.39, 0.29) is 41.7 Å². The van der Waals surface area contributed by atoms with Gasteiger partial charge in [0.1, 0.15) is 5.75 Å². The van der Waals surface area contributed by atoms with Gasteiger partial charge < -0.3 is 20.5 Å². The molecule has 0 amide bonds. The Morgan fingerprint density at radius 1 is 1.30 bits per heavy atom. The predicted octanol–water partition coefficient (Wildman–Crippen LogP) is 2.68. The second-order valence-electron chi connectivity index (χ2n) is 4.75. The van der Waals surface area contributed by atoms with Gasteiger partial charge in [-0.3, -0.25) is 0 Å². The number of alkyl halides is 3. The van der Waals surface area contributed by atoms with Crippen molar-refractivity contribution in [1.82, 2.24) is 5.32 Å². The summed E-state index contributed by atoms with van der Waals surface area (Å²) in [4.78, 5) is 4.14. The Labute approximate surface area is 150 Å². The van der Waals surface area contributed by atoms with E-state index < -0.39 is 12.8 Å². The zero-order valence-corrected chi connectivity index (χ0v) is 15.2. The van der Waals surface area contributed by atoms with Gasteiger partial charge in [-0.1, -0.05) is 12.1 Å². The highest BCUT2D eigenvalue weighted by atomic mass is 127. The summed E-state index contributed by atoms with van der Waals surface area (Å²) in [6.45, 7) is 1.41. The first-order chi connectivity index (χ1) is 10.3. The minimum Gasteiger partial charge on any atom is -0.484 e. The number of ether oxygens (including phenoxy) is 2. The number of aliphatic imine (C=N–C) groups is 1. The van der Waals surface area contributed by atoms with Gasteiger partial charge >= 0.3 is 6.18 Å². The van der Waals surface area contributed by atoms with Gasteiger partial charge in [0.2, 0.25) is 0 Å². The van der Waals surface area contributed by atoms with Crippen molar-refractivity contribution in [2.75, 3.05) is 20.3 Å². The summed E-state index contributed by atoms with van der Waals surface area (Å²) < 4.78 is 45.6. The highest BCUT2D eigenvalue weighted by molar-refractivity contribution is 14.0. The first kappa shape index (κ1) is 21.8. The molecule has 132 valence electrons. The number of methoxy groups -OCH3 is 1. The molecule has 1 aromatic carbocycles. The van der Waals surface area contributed by atoms with Crippen LogP contribution >= 0.6 is 24.0 Å². The maximum absolute atomic E-state index is 12.0. The number of rotatable bonds is 7. The molecule has 0 aliphatic carbocycles. The van der Waals surface area contributed by atoms with Crippen LogP contribution in [-0.4, -0.2) is 38.5 Å². The van der Waals surface area contributed by atoms with E-state index in [1.165, 1.54) is 12.1 Å². The van der Waals surface area contributed by atoms with E-state index in [1.54, 1.807) is 19.2 Å². The molecule has 0 saturated carbocycles. The molecule has 1 unspecified atom stereocenters. The fourth-order valence-electron chi connectivity index (χ4n) is 1.62. The SMILES string of the molecule is COCC(C)NC(N)=NCc1ccc(OCC(F)(F)F)cc1.I. The van der Waals surface area contributed by atoms with Gasteiger partial charge in [-0.05, 0) is 24.6 Å². The lowest BCUT2D eigenvalue weighted by atomic mass is 10.2. The van der Waals surface area contributed by atoms with Crippen molar-refractivity contribution in [2.45, 2.75) is 25.7 Å². The predicted molar refractivity (Wildman–Crippen MR) is 93.2 cm³/mol. The fraction of sp³-hybridized carbons (Fsp3) is 0.500. The number of benzene rings is 1. The van der Waals surface area contributed by atoms with Crippen LogP contribution in [0.15, 0.2) is 29.3 Å². The number of halogens is 4. The smallest absolute Gasteiger partial charge is 0.422 e. The van der Waals surface area contributed by atoms with Crippen molar-refractivity contribution in [2.24, 2.45) is 10.7 Å². The quantitative estimate of drug-likeness (QED) is 0.383. The van der Waals surface area contributed by atoms with Crippen molar-refractivity contribution in [3.8, 4) is 5.75 Å². The van der Waals surface area contributed by atoms with Gasteiger partial charge in [0, 0.05) is 13.2 Å². The van der Waals surface area contributed by atoms with Crippen LogP contribution in [-0.2, 0) is 11.3 Å². The summed E-state index contributed by atoms with van der Waals surface area (Å²) in [6.07, 6.45) is -4.35. The van der Waals surface area contributed by atoms with Crippen LogP contribution in [0.1, 0.15) is 12.5 Å². The normalized spacial score (nSPS) is 13.2. The van der Waals surface area contributed by atoms with Gasteiger partial charge in [-0.2, -0.15) is 13.2 Å². The first-order valence-electron chi connectivity index (χ1n) is 6.64. The zero-order valence-electron chi connectivity index (χ0n) is 12.9. The van der Waals surface area contributed by atoms with Crippen LogP contribution in [0.4, 0.5) is 13.2 Å². The Hall–Kier alpha value is -1.23. The maximum Gasteiger partial charge on any atom is 0.422 e. The maximum atomic E-state index is 12.0. The van der Waals surface area contributed by atoms with Gasteiger partial charge in [0.05, 0.1) is 13.2 Å². The fourth-order valence-corrected chi connectivity index (χ4v) is 1.62. The van der Waals surface area contributed by atoms with Gasteiger partial charge in [-0.25, -0.2) is 4.99 Å². The Morgan fingerprint density at radius 2 is 1.91 bits per heavy atom. The van der Waals surface area contributed by atoms with E-state index in [0.717, 1.165) is 5.56 Å². The van der Waals surface area contributed by atoms with E-state index in [9.17, 15) is 13.2 Å². The largest absolute Gasteiger partial charge is 0.484 e. The molecule has 0 fully saturated rings. The molecule has 0 aromatic heterocycles. The van der Waals surface area contributed by atoms with Crippen LogP contribution in [0, 0.1) is 0 Å². The topological polar surface area (TPSA) is 68.9 Å². The lowest BCUT2D eigenvalue weighted by molar-refractivity contribution is -0.153. The number of nitrogens with one attached hydrogen (secondary N) is 1. The first-order valence-corrected chi connectivity index (χ1v) is 6.64.